The predicted molar refractivity (Wildman–Crippen MR) is 282 cm³/mol. The fourth-order valence-corrected chi connectivity index (χ4v) is 12.3. The van der Waals surface area contributed by atoms with Crippen molar-refractivity contribution in [1.29, 1.82) is 0 Å². The summed E-state index contributed by atoms with van der Waals surface area (Å²) in [6.45, 7) is 0. The van der Waals surface area contributed by atoms with Gasteiger partial charge in [0.15, 0.2) is 0 Å². The number of benzene rings is 11. The number of aromatic nitrogens is 1. The highest BCUT2D eigenvalue weighted by Crippen LogP contribution is 2.63. The molecule has 0 radical (unpaired) electrons. The van der Waals surface area contributed by atoms with Crippen molar-refractivity contribution in [2.24, 2.45) is 0 Å². The summed E-state index contributed by atoms with van der Waals surface area (Å²) in [5, 5.41) is 7.19. The molecule has 0 amide bonds. The van der Waals surface area contributed by atoms with Crippen LogP contribution in [0.15, 0.2) is 247 Å². The van der Waals surface area contributed by atoms with Gasteiger partial charge in [0, 0.05) is 38.4 Å². The van der Waals surface area contributed by atoms with E-state index < -0.39 is 5.41 Å². The van der Waals surface area contributed by atoms with Gasteiger partial charge in [0.2, 0.25) is 0 Å². The van der Waals surface area contributed by atoms with Crippen LogP contribution in [0, 0.1) is 0 Å². The fraction of sp³-hybridized carbons (Fsp3) is 0.0154. The summed E-state index contributed by atoms with van der Waals surface area (Å²) >= 11 is 0. The zero-order valence-corrected chi connectivity index (χ0v) is 36.9. The summed E-state index contributed by atoms with van der Waals surface area (Å²) in [5.74, 6) is 0. The van der Waals surface area contributed by atoms with Gasteiger partial charge < -0.3 is 13.9 Å². The zero-order valence-electron chi connectivity index (χ0n) is 36.9. The Labute approximate surface area is 393 Å². The van der Waals surface area contributed by atoms with Crippen LogP contribution in [0.4, 0.5) is 17.1 Å². The van der Waals surface area contributed by atoms with Crippen LogP contribution in [0.25, 0.3) is 93.6 Å². The lowest BCUT2D eigenvalue weighted by Gasteiger charge is -2.39. The van der Waals surface area contributed by atoms with Crippen molar-refractivity contribution < 1.29 is 4.42 Å². The molecule has 0 bridgehead atoms. The van der Waals surface area contributed by atoms with Crippen LogP contribution in [0.5, 0.6) is 0 Å². The Kier molecular flexibility index (Phi) is 7.71. The molecule has 316 valence electrons. The van der Waals surface area contributed by atoms with E-state index in [0.29, 0.717) is 0 Å². The second-order valence-corrected chi connectivity index (χ2v) is 18.3. The van der Waals surface area contributed by atoms with Crippen molar-refractivity contribution in [3.05, 3.63) is 265 Å². The molecule has 0 fully saturated rings. The first-order chi connectivity index (χ1) is 33.8. The Hall–Kier alpha value is -8.92. The molecule has 3 heteroatoms. The lowest BCUT2D eigenvalue weighted by atomic mass is 9.65. The molecule has 1 spiro atoms. The summed E-state index contributed by atoms with van der Waals surface area (Å²) < 4.78 is 9.00. The first-order valence-corrected chi connectivity index (χ1v) is 23.5. The SMILES string of the molecule is c1ccc(-c2cccc3ccccc23)c(-c2ccccc2N(c2ccc3oc4ccccc4c3c2)c2cccc3c2-c2ccccc2C32c3ccccc3-n3c4ccccc4c4cccc2c43)c1. The Morgan fingerprint density at radius 2 is 0.926 bits per heavy atom. The van der Waals surface area contributed by atoms with Crippen molar-refractivity contribution in [3.8, 4) is 39.1 Å². The van der Waals surface area contributed by atoms with Gasteiger partial charge in [0.1, 0.15) is 11.2 Å². The second-order valence-electron chi connectivity index (χ2n) is 18.3. The Bertz CT molecular complexity index is 4240. The number of hydrogen-bond donors (Lipinski definition) is 0. The van der Waals surface area contributed by atoms with E-state index >= 15 is 0 Å². The first kappa shape index (κ1) is 37.3. The predicted octanol–water partition coefficient (Wildman–Crippen LogP) is 17.3. The Morgan fingerprint density at radius 1 is 0.353 bits per heavy atom. The summed E-state index contributed by atoms with van der Waals surface area (Å²) in [7, 11) is 0. The van der Waals surface area contributed by atoms with Crippen molar-refractivity contribution in [2.75, 3.05) is 4.90 Å². The first-order valence-electron chi connectivity index (χ1n) is 23.5. The van der Waals surface area contributed by atoms with Gasteiger partial charge in [0.05, 0.1) is 33.5 Å². The van der Waals surface area contributed by atoms with E-state index in [1.165, 1.54) is 88.3 Å². The Balaban J connectivity index is 1.05. The van der Waals surface area contributed by atoms with Gasteiger partial charge in [0.25, 0.3) is 0 Å². The smallest absolute Gasteiger partial charge is 0.135 e. The topological polar surface area (TPSA) is 21.3 Å². The number of fused-ring (bicyclic) bond motifs is 16. The van der Waals surface area contributed by atoms with Crippen molar-refractivity contribution in [2.45, 2.75) is 5.41 Å². The van der Waals surface area contributed by atoms with Crippen LogP contribution < -0.4 is 4.90 Å². The molecule has 3 nitrogen and oxygen atoms in total. The van der Waals surface area contributed by atoms with Gasteiger partial charge in [-0.2, -0.15) is 0 Å². The lowest BCUT2D eigenvalue weighted by Crippen LogP contribution is -2.33. The number of rotatable bonds is 5. The van der Waals surface area contributed by atoms with E-state index in [1.807, 2.05) is 6.07 Å². The molecule has 2 aliphatic rings. The average Bonchev–Trinajstić information content (AvgIpc) is 4.05. The van der Waals surface area contributed by atoms with Crippen LogP contribution in [-0.2, 0) is 5.41 Å². The maximum atomic E-state index is 6.48. The van der Waals surface area contributed by atoms with Crippen molar-refractivity contribution in [3.63, 3.8) is 0 Å². The molecular weight excluding hydrogens is 825 g/mol. The highest BCUT2D eigenvalue weighted by Gasteiger charge is 2.51. The van der Waals surface area contributed by atoms with Crippen molar-refractivity contribution >= 4 is 71.6 Å². The molecule has 3 heterocycles. The van der Waals surface area contributed by atoms with E-state index in [2.05, 4.69) is 246 Å². The average molecular weight is 865 g/mol. The summed E-state index contributed by atoms with van der Waals surface area (Å²) in [6.07, 6.45) is 0. The number of hydrogen-bond acceptors (Lipinski definition) is 2. The van der Waals surface area contributed by atoms with Gasteiger partial charge in [-0.15, -0.1) is 0 Å². The van der Waals surface area contributed by atoms with E-state index in [1.54, 1.807) is 0 Å². The van der Waals surface area contributed by atoms with Crippen LogP contribution in [0.1, 0.15) is 22.3 Å². The summed E-state index contributed by atoms with van der Waals surface area (Å²) in [6, 6.07) is 89.6. The maximum absolute atomic E-state index is 6.48. The van der Waals surface area contributed by atoms with Crippen LogP contribution in [-0.4, -0.2) is 4.57 Å². The largest absolute Gasteiger partial charge is 0.456 e. The van der Waals surface area contributed by atoms with E-state index in [9.17, 15) is 0 Å². The highest BCUT2D eigenvalue weighted by molar-refractivity contribution is 6.14. The molecule has 0 saturated heterocycles. The minimum atomic E-state index is -0.598. The van der Waals surface area contributed by atoms with E-state index in [4.69, 9.17) is 4.42 Å². The molecule has 1 aliphatic heterocycles. The minimum absolute atomic E-state index is 0.598. The minimum Gasteiger partial charge on any atom is -0.456 e. The number of furan rings is 1. The molecular formula is C65H40N2O. The molecule has 0 saturated carbocycles. The lowest BCUT2D eigenvalue weighted by molar-refractivity contribution is 0.669. The number of nitrogens with zero attached hydrogens (tertiary/aromatic N) is 2. The molecule has 1 atom stereocenters. The quantitative estimate of drug-likeness (QED) is 0.172. The standard InChI is InChI=1S/C65H40N2O/c1-2-20-43-41(18-1)19-15-27-44(43)45-21-3-4-22-46(45)47-23-6-11-33-57(47)66(42-38-39-62-52(40-42)49-25-8-14-37-61(49)68-62)60-36-17-31-55-63(60)51-26-5-9-29-53(51)65(55)54-30-10-13-35-59(54)67-58-34-12-7-24-48(58)50-28-16-32-56(65)64(50)67/h1-40H. The Morgan fingerprint density at radius 3 is 1.82 bits per heavy atom. The fourth-order valence-electron chi connectivity index (χ4n) is 12.3. The normalized spacial score (nSPS) is 14.5. The second kappa shape index (κ2) is 14.0. The van der Waals surface area contributed by atoms with Crippen LogP contribution in [0.3, 0.4) is 0 Å². The molecule has 0 N–H and O–H groups in total. The number of anilines is 3. The molecule has 68 heavy (non-hydrogen) atoms. The van der Waals surface area contributed by atoms with Crippen LogP contribution >= 0.6 is 0 Å². The molecule has 1 unspecified atom stereocenters. The zero-order chi connectivity index (χ0) is 44.5. The van der Waals surface area contributed by atoms with Gasteiger partial charge >= 0.3 is 0 Å². The molecule has 13 aromatic rings. The molecule has 2 aromatic heterocycles. The van der Waals surface area contributed by atoms with E-state index in [0.717, 1.165) is 44.6 Å². The monoisotopic (exact) mass is 864 g/mol. The third-order valence-electron chi connectivity index (χ3n) is 15.0. The highest BCUT2D eigenvalue weighted by atomic mass is 16.3. The van der Waals surface area contributed by atoms with Gasteiger partial charge in [-0.3, -0.25) is 0 Å². The summed E-state index contributed by atoms with van der Waals surface area (Å²) in [5.41, 5.74) is 20.5. The summed E-state index contributed by atoms with van der Waals surface area (Å²) in [4.78, 5) is 2.53. The van der Waals surface area contributed by atoms with Crippen LogP contribution in [0.2, 0.25) is 0 Å². The van der Waals surface area contributed by atoms with Gasteiger partial charge in [-0.1, -0.05) is 194 Å². The number of para-hydroxylation sites is 5. The van der Waals surface area contributed by atoms with Gasteiger partial charge in [-0.05, 0) is 104 Å². The third-order valence-corrected chi connectivity index (χ3v) is 15.0. The van der Waals surface area contributed by atoms with Gasteiger partial charge in [-0.25, -0.2) is 0 Å². The third kappa shape index (κ3) is 4.92. The van der Waals surface area contributed by atoms with Crippen molar-refractivity contribution in [1.82, 2.24) is 4.57 Å². The maximum Gasteiger partial charge on any atom is 0.135 e. The molecule has 15 rings (SSSR count). The molecule has 11 aromatic carbocycles. The molecule has 1 aliphatic carbocycles. The van der Waals surface area contributed by atoms with E-state index in [-0.39, 0.29) is 0 Å².